The van der Waals surface area contributed by atoms with Crippen LogP contribution in [0.5, 0.6) is 5.75 Å². The van der Waals surface area contributed by atoms with Gasteiger partial charge in [-0.15, -0.1) is 0 Å². The van der Waals surface area contributed by atoms with Crippen molar-refractivity contribution in [2.45, 2.75) is 58.0 Å². The van der Waals surface area contributed by atoms with Crippen molar-refractivity contribution in [2.75, 3.05) is 26.7 Å². The predicted molar refractivity (Wildman–Crippen MR) is 109 cm³/mol. The van der Waals surface area contributed by atoms with Crippen molar-refractivity contribution < 1.29 is 14.3 Å². The van der Waals surface area contributed by atoms with Crippen molar-refractivity contribution in [1.29, 1.82) is 0 Å². The molecule has 1 saturated heterocycles. The third-order valence-electron chi connectivity index (χ3n) is 5.75. The fourth-order valence-corrected chi connectivity index (χ4v) is 4.28. The first-order valence-electron chi connectivity index (χ1n) is 10.6. The number of benzene rings is 1. The van der Waals surface area contributed by atoms with E-state index in [0.29, 0.717) is 32.2 Å². The van der Waals surface area contributed by atoms with Crippen LogP contribution < -0.4 is 10.1 Å². The maximum absolute atomic E-state index is 12.5. The zero-order valence-electron chi connectivity index (χ0n) is 17.2. The molecule has 0 aromatic heterocycles. The SMILES string of the molecule is CCCOc1ccccc1CNC(=O)N(C)CC1CC(=O)N(C2CCCC2)C1. The van der Waals surface area contributed by atoms with Crippen LogP contribution in [0.2, 0.25) is 0 Å². The van der Waals surface area contributed by atoms with Crippen LogP contribution in [0.25, 0.3) is 0 Å². The third kappa shape index (κ3) is 5.18. The van der Waals surface area contributed by atoms with Crippen LogP contribution in [-0.4, -0.2) is 54.5 Å². The van der Waals surface area contributed by atoms with Gasteiger partial charge in [0.2, 0.25) is 5.91 Å². The Morgan fingerprint density at radius 1 is 1.29 bits per heavy atom. The first-order chi connectivity index (χ1) is 13.6. The van der Waals surface area contributed by atoms with E-state index in [-0.39, 0.29) is 17.9 Å². The minimum atomic E-state index is -0.114. The molecule has 6 nitrogen and oxygen atoms in total. The minimum Gasteiger partial charge on any atom is -0.493 e. The molecule has 154 valence electrons. The van der Waals surface area contributed by atoms with Crippen LogP contribution in [0.3, 0.4) is 0 Å². The van der Waals surface area contributed by atoms with E-state index < -0.39 is 0 Å². The molecule has 1 atom stereocenters. The van der Waals surface area contributed by atoms with Crippen molar-refractivity contribution in [3.63, 3.8) is 0 Å². The Balaban J connectivity index is 1.47. The second-order valence-electron chi connectivity index (χ2n) is 8.05. The number of rotatable bonds is 8. The fraction of sp³-hybridized carbons (Fsp3) is 0.636. The second kappa shape index (κ2) is 9.80. The molecule has 0 spiro atoms. The number of nitrogens with zero attached hydrogens (tertiary/aromatic N) is 2. The van der Waals surface area contributed by atoms with Crippen LogP contribution in [0.1, 0.15) is 51.0 Å². The van der Waals surface area contributed by atoms with Gasteiger partial charge in [-0.1, -0.05) is 38.0 Å². The quantitative estimate of drug-likeness (QED) is 0.744. The Hall–Kier alpha value is -2.24. The van der Waals surface area contributed by atoms with E-state index in [9.17, 15) is 9.59 Å². The standard InChI is InChI=1S/C22H33N3O3/c1-3-12-28-20-11-7-4-8-18(20)14-23-22(27)24(2)15-17-13-21(26)25(16-17)19-9-5-6-10-19/h4,7-8,11,17,19H,3,5-6,9-10,12-16H2,1-2H3,(H,23,27). The molecule has 2 fully saturated rings. The summed E-state index contributed by atoms with van der Waals surface area (Å²) in [6.07, 6.45) is 6.22. The Morgan fingerprint density at radius 2 is 2.04 bits per heavy atom. The Bertz CT molecular complexity index is 673. The van der Waals surface area contributed by atoms with Gasteiger partial charge in [0.05, 0.1) is 6.61 Å². The Kier molecular flexibility index (Phi) is 7.18. The summed E-state index contributed by atoms with van der Waals surface area (Å²) in [6.45, 7) is 4.56. The van der Waals surface area contributed by atoms with Gasteiger partial charge in [-0.05, 0) is 25.3 Å². The lowest BCUT2D eigenvalue weighted by molar-refractivity contribution is -0.129. The van der Waals surface area contributed by atoms with Gasteiger partial charge in [0.25, 0.3) is 0 Å². The van der Waals surface area contributed by atoms with E-state index in [1.54, 1.807) is 11.9 Å². The van der Waals surface area contributed by atoms with Gasteiger partial charge < -0.3 is 19.9 Å². The lowest BCUT2D eigenvalue weighted by atomic mass is 10.1. The summed E-state index contributed by atoms with van der Waals surface area (Å²) in [5.74, 6) is 1.30. The van der Waals surface area contributed by atoms with E-state index in [2.05, 4.69) is 17.1 Å². The number of carbonyl (C=O) groups is 2. The number of carbonyl (C=O) groups excluding carboxylic acids is 2. The number of ether oxygens (including phenoxy) is 1. The summed E-state index contributed by atoms with van der Waals surface area (Å²) in [5, 5.41) is 2.98. The summed E-state index contributed by atoms with van der Waals surface area (Å²) in [5.41, 5.74) is 0.973. The molecular formula is C22H33N3O3. The fourth-order valence-electron chi connectivity index (χ4n) is 4.28. The zero-order chi connectivity index (χ0) is 19.9. The molecule has 1 aromatic carbocycles. The van der Waals surface area contributed by atoms with E-state index >= 15 is 0 Å². The van der Waals surface area contributed by atoms with Gasteiger partial charge in [-0.2, -0.15) is 0 Å². The van der Waals surface area contributed by atoms with Gasteiger partial charge in [0, 0.05) is 50.6 Å². The van der Waals surface area contributed by atoms with Gasteiger partial charge >= 0.3 is 6.03 Å². The van der Waals surface area contributed by atoms with Crippen LogP contribution >= 0.6 is 0 Å². The molecule has 6 heteroatoms. The lowest BCUT2D eigenvalue weighted by Gasteiger charge is -2.25. The molecule has 1 aromatic rings. The molecule has 1 unspecified atom stereocenters. The van der Waals surface area contributed by atoms with Gasteiger partial charge in [0.1, 0.15) is 5.75 Å². The summed E-state index contributed by atoms with van der Waals surface area (Å²) >= 11 is 0. The highest BCUT2D eigenvalue weighted by Crippen LogP contribution is 2.29. The summed E-state index contributed by atoms with van der Waals surface area (Å²) in [6, 6.07) is 8.11. The van der Waals surface area contributed by atoms with E-state index in [0.717, 1.165) is 37.1 Å². The topological polar surface area (TPSA) is 61.9 Å². The molecule has 1 saturated carbocycles. The molecule has 0 radical (unpaired) electrons. The average molecular weight is 388 g/mol. The van der Waals surface area contributed by atoms with E-state index in [1.807, 2.05) is 24.3 Å². The summed E-state index contributed by atoms with van der Waals surface area (Å²) in [7, 11) is 1.80. The van der Waals surface area contributed by atoms with Crippen LogP contribution in [-0.2, 0) is 11.3 Å². The molecule has 2 aliphatic rings. The molecular weight excluding hydrogens is 354 g/mol. The van der Waals surface area contributed by atoms with Crippen molar-refractivity contribution in [1.82, 2.24) is 15.1 Å². The zero-order valence-corrected chi connectivity index (χ0v) is 17.2. The molecule has 28 heavy (non-hydrogen) atoms. The minimum absolute atomic E-state index is 0.114. The first-order valence-corrected chi connectivity index (χ1v) is 10.6. The number of amides is 3. The molecule has 1 heterocycles. The van der Waals surface area contributed by atoms with Gasteiger partial charge in [-0.3, -0.25) is 4.79 Å². The lowest BCUT2D eigenvalue weighted by Crippen LogP contribution is -2.40. The molecule has 1 N–H and O–H groups in total. The first kappa shape index (κ1) is 20.5. The van der Waals surface area contributed by atoms with Crippen molar-refractivity contribution in [2.24, 2.45) is 5.92 Å². The third-order valence-corrected chi connectivity index (χ3v) is 5.75. The number of urea groups is 1. The molecule has 0 bridgehead atoms. The predicted octanol–water partition coefficient (Wildman–Crippen LogP) is 3.41. The Labute approximate surface area is 168 Å². The summed E-state index contributed by atoms with van der Waals surface area (Å²) in [4.78, 5) is 28.6. The van der Waals surface area contributed by atoms with E-state index in [4.69, 9.17) is 4.74 Å². The van der Waals surface area contributed by atoms with Crippen LogP contribution in [0.4, 0.5) is 4.79 Å². The van der Waals surface area contributed by atoms with Crippen LogP contribution in [0, 0.1) is 5.92 Å². The van der Waals surface area contributed by atoms with Crippen molar-refractivity contribution in [3.8, 4) is 5.75 Å². The largest absolute Gasteiger partial charge is 0.493 e. The number of hydrogen-bond donors (Lipinski definition) is 1. The number of para-hydroxylation sites is 1. The van der Waals surface area contributed by atoms with Crippen LogP contribution in [0.15, 0.2) is 24.3 Å². The highest BCUT2D eigenvalue weighted by atomic mass is 16.5. The average Bonchev–Trinajstić information content (AvgIpc) is 3.34. The second-order valence-corrected chi connectivity index (χ2v) is 8.05. The van der Waals surface area contributed by atoms with E-state index in [1.165, 1.54) is 12.8 Å². The summed E-state index contributed by atoms with van der Waals surface area (Å²) < 4.78 is 5.75. The molecule has 1 aliphatic carbocycles. The monoisotopic (exact) mass is 387 g/mol. The normalized spacial score (nSPS) is 19.9. The highest BCUT2D eigenvalue weighted by Gasteiger charge is 2.36. The maximum Gasteiger partial charge on any atom is 0.317 e. The number of hydrogen-bond acceptors (Lipinski definition) is 3. The smallest absolute Gasteiger partial charge is 0.317 e. The van der Waals surface area contributed by atoms with Crippen molar-refractivity contribution in [3.05, 3.63) is 29.8 Å². The number of nitrogens with one attached hydrogen (secondary N) is 1. The molecule has 3 rings (SSSR count). The Morgan fingerprint density at radius 3 is 2.79 bits per heavy atom. The van der Waals surface area contributed by atoms with Gasteiger partial charge in [-0.25, -0.2) is 4.79 Å². The number of likely N-dealkylation sites (tertiary alicyclic amines) is 1. The highest BCUT2D eigenvalue weighted by molar-refractivity contribution is 5.79. The van der Waals surface area contributed by atoms with Crippen molar-refractivity contribution >= 4 is 11.9 Å². The molecule has 3 amide bonds. The van der Waals surface area contributed by atoms with Gasteiger partial charge in [0.15, 0.2) is 0 Å². The maximum atomic E-state index is 12.5. The molecule has 1 aliphatic heterocycles.